The summed E-state index contributed by atoms with van der Waals surface area (Å²) in [6.07, 6.45) is 0.741. The van der Waals surface area contributed by atoms with Crippen LogP contribution in [0.15, 0.2) is 22.7 Å². The van der Waals surface area contributed by atoms with Crippen LogP contribution in [0.5, 0.6) is 0 Å². The van der Waals surface area contributed by atoms with Gasteiger partial charge in [0.05, 0.1) is 6.61 Å². The zero-order chi connectivity index (χ0) is 12.0. The molecular weight excluding hydrogens is 270 g/mol. The molecule has 0 aliphatic rings. The first-order chi connectivity index (χ1) is 7.72. The molecule has 0 saturated heterocycles. The van der Waals surface area contributed by atoms with E-state index < -0.39 is 0 Å². The second kappa shape index (κ2) is 6.89. The van der Waals surface area contributed by atoms with Crippen LogP contribution in [0.25, 0.3) is 0 Å². The SMILES string of the molecule is CCN(CCCO)c1cc(Br)ccc1CO. The first-order valence-corrected chi connectivity index (χ1v) is 6.27. The van der Waals surface area contributed by atoms with Crippen LogP contribution in [0.3, 0.4) is 0 Å². The third-order valence-electron chi connectivity index (χ3n) is 2.53. The highest BCUT2D eigenvalue weighted by atomic mass is 79.9. The number of benzene rings is 1. The second-order valence-corrected chi connectivity index (χ2v) is 4.50. The largest absolute Gasteiger partial charge is 0.396 e. The van der Waals surface area contributed by atoms with Crippen molar-refractivity contribution in [3.8, 4) is 0 Å². The fraction of sp³-hybridized carbons (Fsp3) is 0.500. The van der Waals surface area contributed by atoms with Crippen LogP contribution in [-0.2, 0) is 6.61 Å². The number of halogens is 1. The lowest BCUT2D eigenvalue weighted by Crippen LogP contribution is -2.25. The molecular formula is C12H18BrNO2. The highest BCUT2D eigenvalue weighted by Gasteiger charge is 2.09. The molecule has 0 atom stereocenters. The van der Waals surface area contributed by atoms with E-state index in [-0.39, 0.29) is 13.2 Å². The quantitative estimate of drug-likeness (QED) is 0.843. The van der Waals surface area contributed by atoms with E-state index >= 15 is 0 Å². The van der Waals surface area contributed by atoms with Gasteiger partial charge in [-0.05, 0) is 25.5 Å². The van der Waals surface area contributed by atoms with Crippen LogP contribution < -0.4 is 4.90 Å². The first kappa shape index (κ1) is 13.5. The van der Waals surface area contributed by atoms with Gasteiger partial charge in [-0.25, -0.2) is 0 Å². The molecule has 0 heterocycles. The first-order valence-electron chi connectivity index (χ1n) is 5.48. The lowest BCUT2D eigenvalue weighted by molar-refractivity contribution is 0.281. The number of hydrogen-bond donors (Lipinski definition) is 2. The average Bonchev–Trinajstić information content (AvgIpc) is 2.30. The van der Waals surface area contributed by atoms with Gasteiger partial charge >= 0.3 is 0 Å². The zero-order valence-electron chi connectivity index (χ0n) is 9.49. The Morgan fingerprint density at radius 3 is 2.62 bits per heavy atom. The minimum absolute atomic E-state index is 0.0399. The Bertz CT molecular complexity index is 331. The van der Waals surface area contributed by atoms with E-state index in [1.54, 1.807) is 0 Å². The van der Waals surface area contributed by atoms with Crippen LogP contribution in [0.4, 0.5) is 5.69 Å². The number of rotatable bonds is 6. The minimum atomic E-state index is 0.0399. The molecule has 4 heteroatoms. The molecule has 90 valence electrons. The molecule has 1 rings (SSSR count). The molecule has 0 bridgehead atoms. The fourth-order valence-electron chi connectivity index (χ4n) is 1.68. The molecule has 1 aromatic carbocycles. The summed E-state index contributed by atoms with van der Waals surface area (Å²) < 4.78 is 1.00. The van der Waals surface area contributed by atoms with E-state index in [0.29, 0.717) is 0 Å². The second-order valence-electron chi connectivity index (χ2n) is 3.59. The Hall–Kier alpha value is -0.580. The van der Waals surface area contributed by atoms with Crippen molar-refractivity contribution in [1.82, 2.24) is 0 Å². The van der Waals surface area contributed by atoms with Gasteiger partial charge in [0.1, 0.15) is 0 Å². The van der Waals surface area contributed by atoms with Gasteiger partial charge in [-0.2, -0.15) is 0 Å². The monoisotopic (exact) mass is 287 g/mol. The van der Waals surface area contributed by atoms with Gasteiger partial charge in [0, 0.05) is 35.4 Å². The van der Waals surface area contributed by atoms with Crippen molar-refractivity contribution in [3.63, 3.8) is 0 Å². The fourth-order valence-corrected chi connectivity index (χ4v) is 2.02. The summed E-state index contributed by atoms with van der Waals surface area (Å²) in [5.74, 6) is 0. The summed E-state index contributed by atoms with van der Waals surface area (Å²) in [4.78, 5) is 2.16. The predicted molar refractivity (Wildman–Crippen MR) is 69.7 cm³/mol. The van der Waals surface area contributed by atoms with Crippen molar-refractivity contribution in [2.75, 3.05) is 24.6 Å². The van der Waals surface area contributed by atoms with Crippen LogP contribution in [0.2, 0.25) is 0 Å². The maximum Gasteiger partial charge on any atom is 0.0702 e. The molecule has 0 radical (unpaired) electrons. The van der Waals surface area contributed by atoms with Crippen molar-refractivity contribution in [2.45, 2.75) is 20.0 Å². The van der Waals surface area contributed by atoms with E-state index in [1.807, 2.05) is 18.2 Å². The van der Waals surface area contributed by atoms with Crippen LogP contribution in [0.1, 0.15) is 18.9 Å². The molecule has 0 fully saturated rings. The van der Waals surface area contributed by atoms with E-state index in [1.165, 1.54) is 0 Å². The maximum absolute atomic E-state index is 9.29. The molecule has 0 amide bonds. The minimum Gasteiger partial charge on any atom is -0.396 e. The molecule has 0 unspecified atom stereocenters. The Morgan fingerprint density at radius 2 is 2.06 bits per heavy atom. The summed E-state index contributed by atoms with van der Waals surface area (Å²) in [7, 11) is 0. The predicted octanol–water partition coefficient (Wildman–Crippen LogP) is 2.15. The van der Waals surface area contributed by atoms with Crippen molar-refractivity contribution >= 4 is 21.6 Å². The third-order valence-corrected chi connectivity index (χ3v) is 3.02. The van der Waals surface area contributed by atoms with Crippen LogP contribution in [-0.4, -0.2) is 29.9 Å². The van der Waals surface area contributed by atoms with Crippen molar-refractivity contribution in [3.05, 3.63) is 28.2 Å². The van der Waals surface area contributed by atoms with E-state index in [9.17, 15) is 5.11 Å². The molecule has 0 aromatic heterocycles. The van der Waals surface area contributed by atoms with Gasteiger partial charge in [0.15, 0.2) is 0 Å². The topological polar surface area (TPSA) is 43.7 Å². The van der Waals surface area contributed by atoms with Gasteiger partial charge in [0.2, 0.25) is 0 Å². The number of nitrogens with zero attached hydrogens (tertiary/aromatic N) is 1. The van der Waals surface area contributed by atoms with E-state index in [2.05, 4.69) is 27.8 Å². The zero-order valence-corrected chi connectivity index (χ0v) is 11.1. The van der Waals surface area contributed by atoms with Crippen LogP contribution in [0, 0.1) is 0 Å². The molecule has 1 aromatic rings. The highest BCUT2D eigenvalue weighted by Crippen LogP contribution is 2.25. The average molecular weight is 288 g/mol. The number of anilines is 1. The Morgan fingerprint density at radius 1 is 1.31 bits per heavy atom. The summed E-state index contributed by atoms with van der Waals surface area (Å²) in [5.41, 5.74) is 1.95. The van der Waals surface area contributed by atoms with Gasteiger partial charge in [0.25, 0.3) is 0 Å². The Kier molecular flexibility index (Phi) is 5.80. The molecule has 0 spiro atoms. The lowest BCUT2D eigenvalue weighted by atomic mass is 10.1. The Labute approximate surface area is 105 Å². The molecule has 3 nitrogen and oxygen atoms in total. The number of aliphatic hydroxyl groups excluding tert-OH is 2. The summed E-state index contributed by atoms with van der Waals surface area (Å²) >= 11 is 3.43. The molecule has 0 saturated carbocycles. The van der Waals surface area contributed by atoms with Gasteiger partial charge < -0.3 is 15.1 Å². The molecule has 0 aliphatic carbocycles. The Balaban J connectivity index is 2.92. The van der Waals surface area contributed by atoms with Crippen molar-refractivity contribution in [1.29, 1.82) is 0 Å². The van der Waals surface area contributed by atoms with Gasteiger partial charge in [-0.1, -0.05) is 22.0 Å². The highest BCUT2D eigenvalue weighted by molar-refractivity contribution is 9.10. The standard InChI is InChI=1S/C12H18BrNO2/c1-2-14(6-3-7-15)12-8-11(13)5-4-10(12)9-16/h4-5,8,15-16H,2-3,6-7,9H2,1H3. The smallest absolute Gasteiger partial charge is 0.0702 e. The molecule has 0 aliphatic heterocycles. The molecule has 2 N–H and O–H groups in total. The van der Waals surface area contributed by atoms with Gasteiger partial charge in [-0.3, -0.25) is 0 Å². The third kappa shape index (κ3) is 3.47. The van der Waals surface area contributed by atoms with Crippen LogP contribution >= 0.6 is 15.9 Å². The van der Waals surface area contributed by atoms with Crippen molar-refractivity contribution in [2.24, 2.45) is 0 Å². The summed E-state index contributed by atoms with van der Waals surface area (Å²) in [6.45, 7) is 3.97. The number of hydrogen-bond acceptors (Lipinski definition) is 3. The number of aliphatic hydroxyl groups is 2. The normalized spacial score (nSPS) is 10.5. The summed E-state index contributed by atoms with van der Waals surface area (Å²) in [5, 5.41) is 18.1. The van der Waals surface area contributed by atoms with Gasteiger partial charge in [-0.15, -0.1) is 0 Å². The maximum atomic E-state index is 9.29. The van der Waals surface area contributed by atoms with E-state index in [4.69, 9.17) is 5.11 Å². The van der Waals surface area contributed by atoms with Crippen molar-refractivity contribution < 1.29 is 10.2 Å². The lowest BCUT2D eigenvalue weighted by Gasteiger charge is -2.25. The van der Waals surface area contributed by atoms with E-state index in [0.717, 1.165) is 35.2 Å². The molecule has 16 heavy (non-hydrogen) atoms. The summed E-state index contributed by atoms with van der Waals surface area (Å²) in [6, 6.07) is 5.85.